The Morgan fingerprint density at radius 3 is 2.11 bits per heavy atom. The van der Waals surface area contributed by atoms with Gasteiger partial charge in [0.25, 0.3) is 11.8 Å². The number of carbonyl (C=O) groups excluding carboxylic acids is 3. The fourth-order valence-electron chi connectivity index (χ4n) is 2.65. The predicted octanol–water partition coefficient (Wildman–Crippen LogP) is 2.12. The molecule has 1 N–H and O–H groups in total. The largest absolute Gasteiger partial charge is 0.444 e. The summed E-state index contributed by atoms with van der Waals surface area (Å²) < 4.78 is 29.7. The normalized spacial score (nSPS) is 15.2. The number of amides is 3. The van der Waals surface area contributed by atoms with Gasteiger partial charge in [0, 0.05) is 4.91 Å². The van der Waals surface area contributed by atoms with Gasteiger partial charge in [-0.15, -0.1) is 0 Å². The van der Waals surface area contributed by atoms with E-state index in [-0.39, 0.29) is 22.6 Å². The van der Waals surface area contributed by atoms with Crippen molar-refractivity contribution < 1.29 is 27.5 Å². The van der Waals surface area contributed by atoms with Gasteiger partial charge < -0.3 is 10.1 Å². The summed E-state index contributed by atoms with van der Waals surface area (Å²) >= 11 is 0. The number of fused-ring (bicyclic) bond motifs is 1. The molecule has 0 fully saturated rings. The van der Waals surface area contributed by atoms with E-state index in [0.717, 1.165) is 4.90 Å². The first kappa shape index (κ1) is 21.6. The number of ether oxygens (including phenoxy) is 1. The molecule has 0 unspecified atom stereocenters. The monoisotopic (exact) mass is 408 g/mol. The minimum Gasteiger partial charge on any atom is -0.444 e. The van der Waals surface area contributed by atoms with Crippen molar-refractivity contribution in [2.24, 2.45) is 0 Å². The van der Waals surface area contributed by atoms with Crippen LogP contribution in [-0.4, -0.2) is 55.2 Å². The summed E-state index contributed by atoms with van der Waals surface area (Å²) in [7, 11) is -3.74. The third-order valence-corrected chi connectivity index (χ3v) is 5.86. The summed E-state index contributed by atoms with van der Waals surface area (Å²) in [5, 5.41) is 2.45. The molecule has 0 aromatic heterocycles. The molecule has 3 amide bonds. The van der Waals surface area contributed by atoms with E-state index in [0.29, 0.717) is 0 Å². The van der Waals surface area contributed by atoms with Crippen molar-refractivity contribution in [1.29, 1.82) is 0 Å². The van der Waals surface area contributed by atoms with Gasteiger partial charge in [-0.3, -0.25) is 14.5 Å². The third-order valence-electron chi connectivity index (χ3n) is 3.95. The molecular formula is C19H24N2O6S. The van der Waals surface area contributed by atoms with Crippen molar-refractivity contribution in [3.63, 3.8) is 0 Å². The highest BCUT2D eigenvalue weighted by Crippen LogP contribution is 2.23. The van der Waals surface area contributed by atoms with Crippen molar-refractivity contribution in [2.75, 3.05) is 12.3 Å². The zero-order valence-corrected chi connectivity index (χ0v) is 17.1. The zero-order valence-electron chi connectivity index (χ0n) is 16.3. The first-order valence-electron chi connectivity index (χ1n) is 8.65. The number of allylic oxidation sites excluding steroid dienone is 1. The Bertz CT molecular complexity index is 895. The van der Waals surface area contributed by atoms with Gasteiger partial charge in [0.2, 0.25) is 0 Å². The molecule has 0 bridgehead atoms. The lowest BCUT2D eigenvalue weighted by atomic mass is 10.1. The third kappa shape index (κ3) is 4.98. The first-order valence-corrected chi connectivity index (χ1v) is 10.3. The molecule has 1 aliphatic rings. The Hall–Kier alpha value is -2.68. The van der Waals surface area contributed by atoms with E-state index in [1.165, 1.54) is 19.1 Å². The summed E-state index contributed by atoms with van der Waals surface area (Å²) in [6.07, 6.45) is -0.842. The molecule has 1 heterocycles. The maximum Gasteiger partial charge on any atom is 0.407 e. The lowest BCUT2D eigenvalue weighted by molar-refractivity contribution is 0.0476. The fraction of sp³-hybridized carbons (Fsp3) is 0.421. The van der Waals surface area contributed by atoms with Crippen molar-refractivity contribution in [3.8, 4) is 0 Å². The van der Waals surface area contributed by atoms with Gasteiger partial charge in [-0.2, -0.15) is 0 Å². The lowest BCUT2D eigenvalue weighted by Gasteiger charge is -2.26. The van der Waals surface area contributed by atoms with Crippen LogP contribution in [0.2, 0.25) is 0 Å². The highest BCUT2D eigenvalue weighted by atomic mass is 32.2. The Morgan fingerprint density at radius 1 is 1.18 bits per heavy atom. The summed E-state index contributed by atoms with van der Waals surface area (Å²) in [5.41, 5.74) is -0.310. The Balaban J connectivity index is 2.25. The van der Waals surface area contributed by atoms with Crippen LogP contribution in [-0.2, 0) is 14.6 Å². The van der Waals surface area contributed by atoms with E-state index in [9.17, 15) is 22.8 Å². The number of nitrogens with one attached hydrogen (secondary N) is 1. The van der Waals surface area contributed by atoms with E-state index in [2.05, 4.69) is 11.9 Å². The van der Waals surface area contributed by atoms with Gasteiger partial charge in [-0.25, -0.2) is 13.2 Å². The minimum atomic E-state index is -3.74. The Labute approximate surface area is 164 Å². The van der Waals surface area contributed by atoms with Crippen LogP contribution >= 0.6 is 0 Å². The number of benzene rings is 1. The number of sulfone groups is 1. The molecule has 2 rings (SSSR count). The van der Waals surface area contributed by atoms with Gasteiger partial charge in [-0.1, -0.05) is 18.7 Å². The Kier molecular flexibility index (Phi) is 5.98. The van der Waals surface area contributed by atoms with Crippen LogP contribution in [0.4, 0.5) is 4.79 Å². The lowest BCUT2D eigenvalue weighted by Crippen LogP contribution is -2.50. The summed E-state index contributed by atoms with van der Waals surface area (Å²) in [5.74, 6) is -1.59. The van der Waals surface area contributed by atoms with Crippen LogP contribution in [0.1, 0.15) is 48.4 Å². The van der Waals surface area contributed by atoms with Gasteiger partial charge in [0.05, 0.1) is 29.5 Å². The first-order chi connectivity index (χ1) is 12.8. The molecule has 0 saturated heterocycles. The maximum absolute atomic E-state index is 12.6. The van der Waals surface area contributed by atoms with Gasteiger partial charge in [0.15, 0.2) is 9.84 Å². The van der Waals surface area contributed by atoms with E-state index in [1.807, 2.05) is 0 Å². The molecule has 0 aliphatic carbocycles. The number of nitrogens with zero attached hydrogens (tertiary/aromatic N) is 1. The van der Waals surface area contributed by atoms with Crippen molar-refractivity contribution in [2.45, 2.75) is 39.3 Å². The van der Waals surface area contributed by atoms with Crippen LogP contribution in [0.5, 0.6) is 0 Å². The number of imide groups is 1. The van der Waals surface area contributed by atoms with Crippen LogP contribution in [0.3, 0.4) is 0 Å². The van der Waals surface area contributed by atoms with Crippen LogP contribution in [0, 0.1) is 0 Å². The Morgan fingerprint density at radius 2 is 1.68 bits per heavy atom. The van der Waals surface area contributed by atoms with Crippen molar-refractivity contribution in [3.05, 3.63) is 46.9 Å². The number of carbonyl (C=O) groups is 3. The zero-order chi connectivity index (χ0) is 21.3. The van der Waals surface area contributed by atoms with Crippen LogP contribution in [0.15, 0.2) is 35.7 Å². The van der Waals surface area contributed by atoms with Crippen molar-refractivity contribution >= 4 is 27.7 Å². The van der Waals surface area contributed by atoms with E-state index >= 15 is 0 Å². The molecule has 1 aliphatic heterocycles. The van der Waals surface area contributed by atoms with Crippen LogP contribution in [0.25, 0.3) is 0 Å². The molecule has 28 heavy (non-hydrogen) atoms. The van der Waals surface area contributed by atoms with Crippen LogP contribution < -0.4 is 5.32 Å². The van der Waals surface area contributed by atoms with E-state index < -0.39 is 45.1 Å². The number of hydrogen-bond donors (Lipinski definition) is 1. The van der Waals surface area contributed by atoms with E-state index in [1.54, 1.807) is 32.9 Å². The van der Waals surface area contributed by atoms with Gasteiger partial charge in [0.1, 0.15) is 5.60 Å². The molecule has 0 saturated carbocycles. The standard InChI is InChI=1S/C19H24N2O6S/c1-12(2)28(25,26)11-13(20-18(24)27-19(3,4)5)10-21-16(22)14-8-6-7-9-15(14)17(21)23/h6-9,13H,1,10-11H2,2-5H3,(H,20,24)/t13-/m0/s1. The molecule has 0 radical (unpaired) electrons. The van der Waals surface area contributed by atoms with Crippen molar-refractivity contribution in [1.82, 2.24) is 10.2 Å². The second kappa shape index (κ2) is 7.75. The summed E-state index contributed by atoms with van der Waals surface area (Å²) in [6.45, 7) is 9.45. The van der Waals surface area contributed by atoms with E-state index in [4.69, 9.17) is 4.74 Å². The molecule has 0 spiro atoms. The minimum absolute atomic E-state index is 0.0779. The second-order valence-corrected chi connectivity index (χ2v) is 9.85. The summed E-state index contributed by atoms with van der Waals surface area (Å²) in [6, 6.07) is 5.26. The summed E-state index contributed by atoms with van der Waals surface area (Å²) in [4.78, 5) is 38.1. The number of rotatable bonds is 6. The molecule has 9 heteroatoms. The second-order valence-electron chi connectivity index (χ2n) is 7.59. The fourth-order valence-corrected chi connectivity index (χ4v) is 3.65. The SMILES string of the molecule is C=C(C)S(=O)(=O)C[C@H](CN1C(=O)c2ccccc2C1=O)NC(=O)OC(C)(C)C. The average Bonchev–Trinajstić information content (AvgIpc) is 2.78. The molecule has 8 nitrogen and oxygen atoms in total. The highest BCUT2D eigenvalue weighted by Gasteiger charge is 2.38. The number of alkyl carbamates (subject to hydrolysis) is 1. The predicted molar refractivity (Wildman–Crippen MR) is 104 cm³/mol. The maximum atomic E-state index is 12.6. The molecule has 1 aromatic carbocycles. The van der Waals surface area contributed by atoms with Gasteiger partial charge >= 0.3 is 6.09 Å². The molecule has 152 valence electrons. The quantitative estimate of drug-likeness (QED) is 0.722. The average molecular weight is 408 g/mol. The highest BCUT2D eigenvalue weighted by molar-refractivity contribution is 7.95. The molecule has 1 aromatic rings. The smallest absolute Gasteiger partial charge is 0.407 e. The molecule has 1 atom stereocenters. The molecular weight excluding hydrogens is 384 g/mol. The topological polar surface area (TPSA) is 110 Å². The number of hydrogen-bond acceptors (Lipinski definition) is 6. The van der Waals surface area contributed by atoms with Gasteiger partial charge in [-0.05, 0) is 39.8 Å².